The quantitative estimate of drug-likeness (QED) is 0.546. The number of hydrogen-bond acceptors (Lipinski definition) is 7. The number of nitrogens with one attached hydrogen (secondary N) is 1. The van der Waals surface area contributed by atoms with Crippen molar-refractivity contribution in [3.8, 4) is 17.3 Å². The Labute approximate surface area is 164 Å². The topological polar surface area (TPSA) is 119 Å². The van der Waals surface area contributed by atoms with Gasteiger partial charge in [0.15, 0.2) is 23.0 Å². The number of aromatic nitrogens is 6. The Balaban J connectivity index is 1.65. The Bertz CT molecular complexity index is 1260. The molecule has 0 radical (unpaired) electrons. The molecule has 1 aromatic carbocycles. The first kappa shape index (κ1) is 17.2. The van der Waals surface area contributed by atoms with Crippen LogP contribution in [0.3, 0.4) is 0 Å². The number of benzene rings is 1. The fourth-order valence-electron chi connectivity index (χ4n) is 3.75. The summed E-state index contributed by atoms with van der Waals surface area (Å²) in [7, 11) is 1.49. The SMILES string of the molecule is COc1ccc([C@H]2CC(=O)Nc3c2c(C)nn3-c2ccc3nncn3n2)cc1O. The highest BCUT2D eigenvalue weighted by atomic mass is 16.5. The Morgan fingerprint density at radius 1 is 1.24 bits per heavy atom. The van der Waals surface area contributed by atoms with E-state index in [1.807, 2.05) is 13.0 Å². The molecule has 0 saturated carbocycles. The van der Waals surface area contributed by atoms with E-state index in [1.54, 1.807) is 33.5 Å². The lowest BCUT2D eigenvalue weighted by Gasteiger charge is -2.24. The number of carbonyl (C=O) groups excluding carboxylic acids is 1. The fraction of sp³-hybridized carbons (Fsp3) is 0.211. The lowest BCUT2D eigenvalue weighted by Crippen LogP contribution is -2.25. The molecule has 0 spiro atoms. The molecule has 3 aromatic heterocycles. The van der Waals surface area contributed by atoms with Crippen LogP contribution in [0.4, 0.5) is 5.82 Å². The second kappa shape index (κ2) is 6.30. The van der Waals surface area contributed by atoms with Crippen LogP contribution in [0.5, 0.6) is 11.5 Å². The van der Waals surface area contributed by atoms with Gasteiger partial charge in [0.2, 0.25) is 5.91 Å². The van der Waals surface area contributed by atoms with Crippen LogP contribution in [0.25, 0.3) is 11.5 Å². The van der Waals surface area contributed by atoms with Crippen molar-refractivity contribution in [2.75, 3.05) is 12.4 Å². The molecule has 0 unspecified atom stereocenters. The van der Waals surface area contributed by atoms with E-state index in [9.17, 15) is 9.90 Å². The normalized spacial score (nSPS) is 15.9. The minimum absolute atomic E-state index is 0.0299. The Morgan fingerprint density at radius 3 is 2.90 bits per heavy atom. The number of amides is 1. The number of ether oxygens (including phenoxy) is 1. The summed E-state index contributed by atoms with van der Waals surface area (Å²) in [5.74, 6) is 1.13. The molecule has 29 heavy (non-hydrogen) atoms. The number of hydrogen-bond donors (Lipinski definition) is 2. The van der Waals surface area contributed by atoms with E-state index in [4.69, 9.17) is 4.74 Å². The van der Waals surface area contributed by atoms with Crippen LogP contribution >= 0.6 is 0 Å². The average Bonchev–Trinajstić information content (AvgIpc) is 3.31. The van der Waals surface area contributed by atoms with Gasteiger partial charge in [0.1, 0.15) is 12.1 Å². The van der Waals surface area contributed by atoms with Gasteiger partial charge in [0.25, 0.3) is 0 Å². The maximum absolute atomic E-state index is 12.5. The van der Waals surface area contributed by atoms with E-state index in [0.29, 0.717) is 23.0 Å². The zero-order valence-corrected chi connectivity index (χ0v) is 15.7. The van der Waals surface area contributed by atoms with Crippen molar-refractivity contribution >= 4 is 17.4 Å². The Morgan fingerprint density at radius 2 is 2.10 bits per heavy atom. The van der Waals surface area contributed by atoms with Crippen molar-refractivity contribution in [1.82, 2.24) is 29.6 Å². The van der Waals surface area contributed by atoms with Crippen molar-refractivity contribution in [1.29, 1.82) is 0 Å². The third-order valence-corrected chi connectivity index (χ3v) is 5.07. The largest absolute Gasteiger partial charge is 0.504 e. The first-order valence-corrected chi connectivity index (χ1v) is 8.99. The summed E-state index contributed by atoms with van der Waals surface area (Å²) in [6, 6.07) is 8.72. The van der Waals surface area contributed by atoms with E-state index in [1.165, 1.54) is 13.4 Å². The van der Waals surface area contributed by atoms with Crippen LogP contribution in [-0.4, -0.2) is 47.7 Å². The molecule has 1 aliphatic heterocycles. The van der Waals surface area contributed by atoms with Crippen molar-refractivity contribution in [3.63, 3.8) is 0 Å². The van der Waals surface area contributed by atoms with E-state index >= 15 is 0 Å². The maximum atomic E-state index is 12.5. The zero-order chi connectivity index (χ0) is 20.1. The fourth-order valence-corrected chi connectivity index (χ4v) is 3.75. The molecule has 1 aliphatic rings. The molecule has 5 rings (SSSR count). The molecule has 1 amide bonds. The van der Waals surface area contributed by atoms with Crippen molar-refractivity contribution < 1.29 is 14.6 Å². The van der Waals surface area contributed by atoms with Gasteiger partial charge in [-0.1, -0.05) is 6.07 Å². The monoisotopic (exact) mass is 391 g/mol. The second-order valence-corrected chi connectivity index (χ2v) is 6.82. The van der Waals surface area contributed by atoms with Crippen molar-refractivity contribution in [3.05, 3.63) is 53.5 Å². The molecule has 0 bridgehead atoms. The van der Waals surface area contributed by atoms with Crippen LogP contribution in [-0.2, 0) is 4.79 Å². The summed E-state index contributed by atoms with van der Waals surface area (Å²) in [6.45, 7) is 1.89. The number of fused-ring (bicyclic) bond motifs is 2. The van der Waals surface area contributed by atoms with E-state index < -0.39 is 0 Å². The number of phenolic OH excluding ortho intramolecular Hbond substituents is 1. The Kier molecular flexibility index (Phi) is 3.73. The number of rotatable bonds is 3. The zero-order valence-electron chi connectivity index (χ0n) is 15.7. The van der Waals surface area contributed by atoms with Gasteiger partial charge in [-0.15, -0.1) is 15.3 Å². The highest BCUT2D eigenvalue weighted by Gasteiger charge is 2.33. The number of nitrogens with zero attached hydrogens (tertiary/aromatic N) is 6. The number of carbonyl (C=O) groups is 1. The summed E-state index contributed by atoms with van der Waals surface area (Å²) in [5, 5.41) is 30.0. The minimum Gasteiger partial charge on any atom is -0.504 e. The van der Waals surface area contributed by atoms with Gasteiger partial charge in [-0.25, -0.2) is 0 Å². The van der Waals surface area contributed by atoms with Crippen molar-refractivity contribution in [2.45, 2.75) is 19.3 Å². The molecule has 10 nitrogen and oxygen atoms in total. The summed E-state index contributed by atoms with van der Waals surface area (Å²) < 4.78 is 8.28. The molecular formula is C19H17N7O3. The van der Waals surface area contributed by atoms with Gasteiger partial charge in [0.05, 0.1) is 12.8 Å². The molecule has 4 aromatic rings. The number of phenols is 1. The first-order valence-electron chi connectivity index (χ1n) is 8.99. The number of aromatic hydroxyl groups is 1. The summed E-state index contributed by atoms with van der Waals surface area (Å²) in [4.78, 5) is 12.5. The van der Waals surface area contributed by atoms with Gasteiger partial charge in [-0.2, -0.15) is 14.3 Å². The van der Waals surface area contributed by atoms with Crippen LogP contribution < -0.4 is 10.1 Å². The average molecular weight is 391 g/mol. The van der Waals surface area contributed by atoms with Gasteiger partial charge < -0.3 is 15.2 Å². The lowest BCUT2D eigenvalue weighted by atomic mass is 9.85. The second-order valence-electron chi connectivity index (χ2n) is 6.82. The van der Waals surface area contributed by atoms with Crippen LogP contribution in [0.2, 0.25) is 0 Å². The predicted octanol–water partition coefficient (Wildman–Crippen LogP) is 1.81. The van der Waals surface area contributed by atoms with Crippen LogP contribution in [0.15, 0.2) is 36.7 Å². The van der Waals surface area contributed by atoms with Gasteiger partial charge in [0, 0.05) is 17.9 Å². The third-order valence-electron chi connectivity index (χ3n) is 5.07. The van der Waals surface area contributed by atoms with Crippen LogP contribution in [0.1, 0.15) is 29.2 Å². The van der Waals surface area contributed by atoms with E-state index in [2.05, 4.69) is 25.7 Å². The lowest BCUT2D eigenvalue weighted by molar-refractivity contribution is -0.116. The summed E-state index contributed by atoms with van der Waals surface area (Å²) in [5.41, 5.74) is 3.08. The van der Waals surface area contributed by atoms with Crippen LogP contribution in [0, 0.1) is 6.92 Å². The molecule has 0 saturated heterocycles. The highest BCUT2D eigenvalue weighted by molar-refractivity contribution is 5.95. The molecule has 146 valence electrons. The number of methoxy groups -OCH3 is 1. The molecule has 10 heteroatoms. The minimum atomic E-state index is -0.247. The van der Waals surface area contributed by atoms with E-state index in [0.717, 1.165) is 16.8 Å². The molecule has 2 N–H and O–H groups in total. The predicted molar refractivity (Wildman–Crippen MR) is 102 cm³/mol. The first-order chi connectivity index (χ1) is 14.0. The molecule has 0 fully saturated rings. The van der Waals surface area contributed by atoms with E-state index in [-0.39, 0.29) is 24.0 Å². The van der Waals surface area contributed by atoms with Crippen molar-refractivity contribution in [2.24, 2.45) is 0 Å². The van der Waals surface area contributed by atoms with Gasteiger partial charge in [-0.3, -0.25) is 4.79 Å². The molecule has 1 atom stereocenters. The summed E-state index contributed by atoms with van der Waals surface area (Å²) in [6.07, 6.45) is 1.76. The summed E-state index contributed by atoms with van der Waals surface area (Å²) >= 11 is 0. The smallest absolute Gasteiger partial charge is 0.226 e. The standard InChI is InChI=1S/C19H17N7O3/c1-10-18-12(11-3-4-14(29-2)13(27)7-11)8-17(28)21-19(18)26(23-10)16-6-5-15-22-20-9-25(15)24-16/h3-7,9,12,27H,8H2,1-2H3,(H,21,28)/t12-/m1/s1. The number of anilines is 1. The molecular weight excluding hydrogens is 374 g/mol. The Hall–Kier alpha value is -3.95. The van der Waals surface area contributed by atoms with Gasteiger partial charge in [-0.05, 0) is 36.8 Å². The third kappa shape index (κ3) is 2.68. The molecule has 0 aliphatic carbocycles. The molecule has 4 heterocycles. The highest BCUT2D eigenvalue weighted by Crippen LogP contribution is 2.42. The van der Waals surface area contributed by atoms with Gasteiger partial charge >= 0.3 is 0 Å². The number of aryl methyl sites for hydroxylation is 1. The maximum Gasteiger partial charge on any atom is 0.226 e.